The quantitative estimate of drug-likeness (QED) is 0.214. The summed E-state index contributed by atoms with van der Waals surface area (Å²) in [6.07, 6.45) is 0. The molecule has 0 heterocycles. The van der Waals surface area contributed by atoms with Crippen LogP contribution in [0.1, 0.15) is 78.2 Å². The van der Waals surface area contributed by atoms with E-state index in [4.69, 9.17) is 9.57 Å². The zero-order valence-corrected chi connectivity index (χ0v) is 19.1. The van der Waals surface area contributed by atoms with Gasteiger partial charge in [-0.05, 0) is 29.4 Å². The summed E-state index contributed by atoms with van der Waals surface area (Å²) in [6, 6.07) is 12.9. The predicted molar refractivity (Wildman–Crippen MR) is 119 cm³/mol. The lowest BCUT2D eigenvalue weighted by molar-refractivity contribution is 0.0702. The van der Waals surface area contributed by atoms with Gasteiger partial charge in [-0.15, -0.1) is 0 Å². The van der Waals surface area contributed by atoms with Crippen molar-refractivity contribution in [1.82, 2.24) is 0 Å². The molecule has 0 aliphatic heterocycles. The molecule has 0 saturated heterocycles. The van der Waals surface area contributed by atoms with Gasteiger partial charge in [0, 0.05) is 27.5 Å². The lowest BCUT2D eigenvalue weighted by Crippen LogP contribution is -2.21. The molecule has 2 aromatic carbocycles. The van der Waals surface area contributed by atoms with Crippen molar-refractivity contribution in [2.75, 3.05) is 7.11 Å². The molecule has 0 aliphatic rings. The SMILES string of the molecule is CO/N=C(/OC(=O)c1ccc(C(=O)C(C)(C)C)cc1)c1ccc(C(=O)C(C)(C)C)cc1. The monoisotopic (exact) mass is 423 g/mol. The fourth-order valence-corrected chi connectivity index (χ4v) is 2.75. The van der Waals surface area contributed by atoms with Crippen LogP contribution >= 0.6 is 0 Å². The van der Waals surface area contributed by atoms with E-state index >= 15 is 0 Å². The minimum Gasteiger partial charge on any atom is -0.400 e. The molecule has 2 aromatic rings. The Labute approximate surface area is 183 Å². The Balaban J connectivity index is 2.20. The maximum Gasteiger partial charge on any atom is 0.344 e. The predicted octanol–water partition coefficient (Wildman–Crippen LogP) is 5.31. The molecule has 164 valence electrons. The second kappa shape index (κ2) is 9.25. The third kappa shape index (κ3) is 6.10. The number of benzene rings is 2. The second-order valence-corrected chi connectivity index (χ2v) is 9.28. The first-order chi connectivity index (χ1) is 14.3. The highest BCUT2D eigenvalue weighted by Gasteiger charge is 2.24. The van der Waals surface area contributed by atoms with Gasteiger partial charge in [0.05, 0.1) is 5.56 Å². The Hall–Kier alpha value is -3.28. The average Bonchev–Trinajstić information content (AvgIpc) is 2.71. The third-order valence-corrected chi connectivity index (χ3v) is 4.50. The molecule has 0 saturated carbocycles. The number of oxime groups is 1. The Bertz CT molecular complexity index is 988. The summed E-state index contributed by atoms with van der Waals surface area (Å²) in [5.74, 6) is -0.678. The van der Waals surface area contributed by atoms with Gasteiger partial charge in [-0.2, -0.15) is 0 Å². The Morgan fingerprint density at radius 3 is 1.35 bits per heavy atom. The Kier molecular flexibility index (Phi) is 7.16. The number of hydrogen-bond donors (Lipinski definition) is 0. The molecule has 0 N–H and O–H groups in total. The molecule has 0 bridgehead atoms. The van der Waals surface area contributed by atoms with Crippen LogP contribution < -0.4 is 0 Å². The summed E-state index contributed by atoms with van der Waals surface area (Å²) >= 11 is 0. The molecule has 6 heteroatoms. The van der Waals surface area contributed by atoms with Crippen molar-refractivity contribution in [3.8, 4) is 0 Å². The number of hydrogen-bond acceptors (Lipinski definition) is 6. The van der Waals surface area contributed by atoms with Crippen LogP contribution in [0.4, 0.5) is 0 Å². The number of ether oxygens (including phenoxy) is 1. The minimum atomic E-state index is -0.639. The van der Waals surface area contributed by atoms with Crippen LogP contribution in [0.25, 0.3) is 0 Å². The first-order valence-corrected chi connectivity index (χ1v) is 9.98. The van der Waals surface area contributed by atoms with Crippen LogP contribution in [0, 0.1) is 10.8 Å². The van der Waals surface area contributed by atoms with Crippen LogP contribution in [0.2, 0.25) is 0 Å². The van der Waals surface area contributed by atoms with Crippen molar-refractivity contribution in [1.29, 1.82) is 0 Å². The van der Waals surface area contributed by atoms with E-state index in [1.165, 1.54) is 19.2 Å². The number of carbonyl (C=O) groups excluding carboxylic acids is 3. The van der Waals surface area contributed by atoms with Crippen molar-refractivity contribution in [2.24, 2.45) is 16.0 Å². The fraction of sp³-hybridized carbons (Fsp3) is 0.360. The van der Waals surface area contributed by atoms with Gasteiger partial charge >= 0.3 is 5.97 Å². The van der Waals surface area contributed by atoms with Crippen LogP contribution in [-0.2, 0) is 9.57 Å². The van der Waals surface area contributed by atoms with E-state index in [0.717, 1.165) is 0 Å². The van der Waals surface area contributed by atoms with Crippen molar-refractivity contribution in [3.63, 3.8) is 0 Å². The summed E-state index contributed by atoms with van der Waals surface area (Å²) in [6.45, 7) is 11.1. The Morgan fingerprint density at radius 2 is 1.00 bits per heavy atom. The van der Waals surface area contributed by atoms with Crippen molar-refractivity contribution in [3.05, 3.63) is 70.8 Å². The zero-order chi connectivity index (χ0) is 23.4. The summed E-state index contributed by atoms with van der Waals surface area (Å²) in [4.78, 5) is 42.2. The van der Waals surface area contributed by atoms with Gasteiger partial charge in [-0.25, -0.2) is 4.79 Å². The van der Waals surface area contributed by atoms with Gasteiger partial charge < -0.3 is 9.57 Å². The lowest BCUT2D eigenvalue weighted by Gasteiger charge is -2.17. The molecular weight excluding hydrogens is 394 g/mol. The molecule has 0 fully saturated rings. The van der Waals surface area contributed by atoms with Gasteiger partial charge in [0.1, 0.15) is 7.11 Å². The van der Waals surface area contributed by atoms with Gasteiger partial charge in [0.2, 0.25) is 0 Å². The van der Waals surface area contributed by atoms with Crippen molar-refractivity contribution < 1.29 is 24.0 Å². The molecule has 0 atom stereocenters. The highest BCUT2D eigenvalue weighted by Crippen LogP contribution is 2.22. The van der Waals surface area contributed by atoms with E-state index < -0.39 is 16.8 Å². The van der Waals surface area contributed by atoms with Crippen LogP contribution in [0.15, 0.2) is 53.7 Å². The highest BCUT2D eigenvalue weighted by atomic mass is 16.6. The molecule has 6 nitrogen and oxygen atoms in total. The first-order valence-electron chi connectivity index (χ1n) is 9.98. The van der Waals surface area contributed by atoms with Gasteiger partial charge in [0.15, 0.2) is 11.6 Å². The normalized spacial score (nSPS) is 12.3. The summed E-state index contributed by atoms with van der Waals surface area (Å²) in [5, 5.41) is 3.80. The Morgan fingerprint density at radius 1 is 0.645 bits per heavy atom. The molecule has 2 rings (SSSR count). The molecule has 0 unspecified atom stereocenters. The van der Waals surface area contributed by atoms with Crippen LogP contribution in [0.5, 0.6) is 0 Å². The molecule has 0 spiro atoms. The zero-order valence-electron chi connectivity index (χ0n) is 19.1. The first kappa shape index (κ1) is 24.0. The number of Topliss-reactive ketones (excluding diaryl/α,β-unsaturated/α-hetero) is 2. The topological polar surface area (TPSA) is 82.0 Å². The number of esters is 1. The maximum absolute atomic E-state index is 12.6. The van der Waals surface area contributed by atoms with Gasteiger partial charge in [-0.3, -0.25) is 9.59 Å². The molecule has 0 aromatic heterocycles. The summed E-state index contributed by atoms with van der Waals surface area (Å²) in [7, 11) is 1.35. The van der Waals surface area contributed by atoms with E-state index in [-0.39, 0.29) is 23.0 Å². The van der Waals surface area contributed by atoms with Crippen molar-refractivity contribution in [2.45, 2.75) is 41.5 Å². The number of rotatable bonds is 5. The standard InChI is InChI=1S/C25H29NO5/c1-24(2,3)20(27)16-8-12-18(13-9-16)22(26-30-7)31-23(29)19-14-10-17(11-15-19)21(28)25(4,5)6/h8-15H,1-7H3/b26-22+. The molecular formula is C25H29NO5. The number of nitrogens with zero attached hydrogens (tertiary/aromatic N) is 1. The molecule has 0 amide bonds. The van der Waals surface area contributed by atoms with E-state index in [2.05, 4.69) is 5.16 Å². The van der Waals surface area contributed by atoms with E-state index in [0.29, 0.717) is 16.7 Å². The molecule has 31 heavy (non-hydrogen) atoms. The van der Waals surface area contributed by atoms with E-state index in [1.54, 1.807) is 36.4 Å². The lowest BCUT2D eigenvalue weighted by atomic mass is 9.86. The number of ketones is 2. The van der Waals surface area contributed by atoms with E-state index in [9.17, 15) is 14.4 Å². The smallest absolute Gasteiger partial charge is 0.344 e. The third-order valence-electron chi connectivity index (χ3n) is 4.50. The highest BCUT2D eigenvalue weighted by molar-refractivity contribution is 6.06. The van der Waals surface area contributed by atoms with Crippen LogP contribution in [0.3, 0.4) is 0 Å². The fourth-order valence-electron chi connectivity index (χ4n) is 2.75. The summed E-state index contributed by atoms with van der Waals surface area (Å²) in [5.41, 5.74) is 0.820. The van der Waals surface area contributed by atoms with Crippen LogP contribution in [-0.4, -0.2) is 30.5 Å². The molecule has 0 radical (unpaired) electrons. The summed E-state index contributed by atoms with van der Waals surface area (Å²) < 4.78 is 5.41. The van der Waals surface area contributed by atoms with Gasteiger partial charge in [-0.1, -0.05) is 65.8 Å². The van der Waals surface area contributed by atoms with E-state index in [1.807, 2.05) is 41.5 Å². The van der Waals surface area contributed by atoms with Crippen molar-refractivity contribution >= 4 is 23.4 Å². The second-order valence-electron chi connectivity index (χ2n) is 9.28. The maximum atomic E-state index is 12.6. The largest absolute Gasteiger partial charge is 0.400 e. The molecule has 0 aliphatic carbocycles. The van der Waals surface area contributed by atoms with Gasteiger partial charge in [0.25, 0.3) is 5.90 Å². The minimum absolute atomic E-state index is 0.00571. The average molecular weight is 424 g/mol. The number of carbonyl (C=O) groups is 3.